The van der Waals surface area contributed by atoms with Crippen LogP contribution in [0.5, 0.6) is 0 Å². The summed E-state index contributed by atoms with van der Waals surface area (Å²) >= 11 is 1.05. The molecule has 0 spiro atoms. The van der Waals surface area contributed by atoms with E-state index in [1.165, 1.54) is 12.3 Å². The van der Waals surface area contributed by atoms with Gasteiger partial charge in [-0.1, -0.05) is 0 Å². The Morgan fingerprint density at radius 1 is 1.30 bits per heavy atom. The molecule has 0 bridgehead atoms. The van der Waals surface area contributed by atoms with Gasteiger partial charge < -0.3 is 10.3 Å². The first kappa shape index (κ1) is 16.1. The maximum atomic E-state index is 11.8. The van der Waals surface area contributed by atoms with Crippen LogP contribution in [0.15, 0.2) is 17.6 Å². The number of amides is 3. The number of rotatable bonds is 4. The van der Waals surface area contributed by atoms with E-state index < -0.39 is 16.7 Å². The molecule has 11 nitrogen and oxygen atoms in total. The van der Waals surface area contributed by atoms with Crippen molar-refractivity contribution in [3.05, 3.63) is 39.1 Å². The molecule has 0 atom stereocenters. The lowest BCUT2D eigenvalue weighted by atomic mass is 10.4. The van der Waals surface area contributed by atoms with Crippen LogP contribution in [-0.4, -0.2) is 32.6 Å². The highest BCUT2D eigenvalue weighted by Gasteiger charge is 2.16. The molecule has 0 aliphatic heterocycles. The molecule has 4 N–H and O–H groups in total. The Morgan fingerprint density at radius 2 is 2.00 bits per heavy atom. The summed E-state index contributed by atoms with van der Waals surface area (Å²) in [5, 5.41) is 14.6. The summed E-state index contributed by atoms with van der Waals surface area (Å²) in [7, 11) is 0. The number of H-pyrrole nitrogens is 1. The first-order valence-electron chi connectivity index (χ1n) is 6.03. The van der Waals surface area contributed by atoms with Gasteiger partial charge in [0.1, 0.15) is 11.4 Å². The van der Waals surface area contributed by atoms with Gasteiger partial charge in [-0.25, -0.2) is 4.98 Å². The van der Waals surface area contributed by atoms with Gasteiger partial charge in [0.15, 0.2) is 5.13 Å². The van der Waals surface area contributed by atoms with Gasteiger partial charge in [0.05, 0.1) is 11.1 Å². The van der Waals surface area contributed by atoms with Gasteiger partial charge in [0.25, 0.3) is 17.5 Å². The molecule has 0 radical (unpaired) electrons. The van der Waals surface area contributed by atoms with Gasteiger partial charge >= 0.3 is 0 Å². The Labute approximate surface area is 132 Å². The second-order valence-corrected chi connectivity index (χ2v) is 5.01. The third-order valence-electron chi connectivity index (χ3n) is 2.43. The normalized spacial score (nSPS) is 9.96. The highest BCUT2D eigenvalue weighted by Crippen LogP contribution is 2.15. The largest absolute Gasteiger partial charge is 0.351 e. The molecule has 120 valence electrons. The van der Waals surface area contributed by atoms with Gasteiger partial charge in [-0.05, 0) is 0 Å². The van der Waals surface area contributed by atoms with E-state index in [1.807, 2.05) is 0 Å². The molecule has 3 amide bonds. The van der Waals surface area contributed by atoms with Crippen molar-refractivity contribution in [3.63, 3.8) is 0 Å². The van der Waals surface area contributed by atoms with Crippen LogP contribution in [0, 0.1) is 10.1 Å². The summed E-state index contributed by atoms with van der Waals surface area (Å²) in [5.41, 5.74) is 3.82. The van der Waals surface area contributed by atoms with Crippen molar-refractivity contribution in [1.29, 1.82) is 0 Å². The smallest absolute Gasteiger partial charge is 0.289 e. The fraction of sp³-hybridized carbons (Fsp3) is 0.0909. The zero-order chi connectivity index (χ0) is 17.0. The van der Waals surface area contributed by atoms with Crippen LogP contribution >= 0.6 is 11.3 Å². The molecule has 0 saturated heterocycles. The predicted octanol–water partition coefficient (Wildman–Crippen LogP) is 0.413. The van der Waals surface area contributed by atoms with Crippen LogP contribution in [0.1, 0.15) is 27.9 Å². The first-order valence-corrected chi connectivity index (χ1v) is 6.91. The number of aromatic amines is 1. The molecule has 2 aromatic heterocycles. The fourth-order valence-corrected chi connectivity index (χ4v) is 2.19. The van der Waals surface area contributed by atoms with Crippen LogP contribution in [-0.2, 0) is 4.79 Å². The third kappa shape index (κ3) is 4.10. The SMILES string of the molecule is CC(=O)Nc1nc(C(=O)NNC(=O)c2cc([N+](=O)[O-])c[nH]2)cs1. The van der Waals surface area contributed by atoms with Crippen molar-refractivity contribution >= 4 is 39.9 Å². The molecule has 2 rings (SSSR count). The van der Waals surface area contributed by atoms with Gasteiger partial charge in [0.2, 0.25) is 5.91 Å². The average Bonchev–Trinajstić information content (AvgIpc) is 3.12. The summed E-state index contributed by atoms with van der Waals surface area (Å²) in [5.74, 6) is -1.79. The third-order valence-corrected chi connectivity index (χ3v) is 3.19. The first-order chi connectivity index (χ1) is 10.9. The Balaban J connectivity index is 1.92. The second-order valence-electron chi connectivity index (χ2n) is 4.16. The molecule has 0 unspecified atom stereocenters. The molecule has 23 heavy (non-hydrogen) atoms. The topological polar surface area (TPSA) is 159 Å². The van der Waals surface area contributed by atoms with Crippen molar-refractivity contribution in [2.75, 3.05) is 5.32 Å². The second kappa shape index (κ2) is 6.65. The zero-order valence-electron chi connectivity index (χ0n) is 11.6. The summed E-state index contributed by atoms with van der Waals surface area (Å²) in [6, 6.07) is 1.03. The molecule has 0 aromatic carbocycles. The number of thiazole rings is 1. The standard InChI is InChI=1S/C11H10N6O5S/c1-5(18)13-11-14-8(4-23-11)10(20)16-15-9(19)7-2-6(3-12-7)17(21)22/h2-4,12H,1H3,(H,15,19)(H,16,20)(H,13,14,18). The van der Waals surface area contributed by atoms with E-state index in [2.05, 4.69) is 26.1 Å². The van der Waals surface area contributed by atoms with E-state index >= 15 is 0 Å². The summed E-state index contributed by atoms with van der Waals surface area (Å²) in [6.45, 7) is 1.30. The number of nitro groups is 1. The van der Waals surface area contributed by atoms with Crippen LogP contribution in [0.25, 0.3) is 0 Å². The van der Waals surface area contributed by atoms with Gasteiger partial charge in [0, 0.05) is 18.4 Å². The Bertz CT molecular complexity index is 781. The highest BCUT2D eigenvalue weighted by molar-refractivity contribution is 7.14. The summed E-state index contributed by atoms with van der Waals surface area (Å²) in [6.07, 6.45) is 1.05. The number of hydrazine groups is 1. The molecular formula is C11H10N6O5S. The molecule has 0 aliphatic carbocycles. The average molecular weight is 338 g/mol. The van der Waals surface area contributed by atoms with Crippen molar-refractivity contribution in [3.8, 4) is 0 Å². The minimum Gasteiger partial charge on any atom is -0.351 e. The fourth-order valence-electron chi connectivity index (χ4n) is 1.45. The minimum absolute atomic E-state index is 0.00323. The van der Waals surface area contributed by atoms with Crippen molar-refractivity contribution in [1.82, 2.24) is 20.8 Å². The van der Waals surface area contributed by atoms with Gasteiger partial charge in [-0.3, -0.25) is 35.3 Å². The molecule has 2 heterocycles. The predicted molar refractivity (Wildman–Crippen MR) is 78.8 cm³/mol. The summed E-state index contributed by atoms with van der Waals surface area (Å²) < 4.78 is 0. The number of aromatic nitrogens is 2. The van der Waals surface area contributed by atoms with E-state index in [0.717, 1.165) is 23.6 Å². The van der Waals surface area contributed by atoms with E-state index in [4.69, 9.17) is 0 Å². The molecule has 0 fully saturated rings. The number of hydrogen-bond donors (Lipinski definition) is 4. The monoisotopic (exact) mass is 338 g/mol. The van der Waals surface area contributed by atoms with Crippen molar-refractivity contribution in [2.45, 2.75) is 6.92 Å². The summed E-state index contributed by atoms with van der Waals surface area (Å²) in [4.78, 5) is 50.5. The Hall–Kier alpha value is -3.28. The van der Waals surface area contributed by atoms with E-state index in [9.17, 15) is 24.5 Å². The highest BCUT2D eigenvalue weighted by atomic mass is 32.1. The lowest BCUT2D eigenvalue weighted by molar-refractivity contribution is -0.384. The number of anilines is 1. The maximum Gasteiger partial charge on any atom is 0.289 e. The van der Waals surface area contributed by atoms with E-state index in [1.54, 1.807) is 0 Å². The number of carbonyl (C=O) groups is 3. The Kier molecular flexibility index (Phi) is 4.66. The van der Waals surface area contributed by atoms with Crippen molar-refractivity contribution < 1.29 is 19.3 Å². The quantitative estimate of drug-likeness (QED) is 0.467. The minimum atomic E-state index is -0.760. The zero-order valence-corrected chi connectivity index (χ0v) is 12.4. The van der Waals surface area contributed by atoms with Crippen molar-refractivity contribution in [2.24, 2.45) is 0 Å². The molecule has 0 aliphatic rings. The number of carbonyl (C=O) groups excluding carboxylic acids is 3. The lowest BCUT2D eigenvalue weighted by Crippen LogP contribution is -2.41. The molecule has 12 heteroatoms. The maximum absolute atomic E-state index is 11.8. The van der Waals surface area contributed by atoms with Crippen LogP contribution in [0.3, 0.4) is 0 Å². The number of nitrogens with one attached hydrogen (secondary N) is 4. The lowest BCUT2D eigenvalue weighted by Gasteiger charge is -2.04. The van der Waals surface area contributed by atoms with Gasteiger partial charge in [-0.15, -0.1) is 11.3 Å². The number of hydrogen-bond acceptors (Lipinski definition) is 7. The molecule has 0 saturated carbocycles. The van der Waals surface area contributed by atoms with E-state index in [-0.39, 0.29) is 28.1 Å². The van der Waals surface area contributed by atoms with Crippen LogP contribution in [0.2, 0.25) is 0 Å². The number of nitrogens with zero attached hydrogens (tertiary/aromatic N) is 2. The molecular weight excluding hydrogens is 328 g/mol. The van der Waals surface area contributed by atoms with Gasteiger partial charge in [-0.2, -0.15) is 0 Å². The molecule has 2 aromatic rings. The van der Waals surface area contributed by atoms with Crippen LogP contribution in [0.4, 0.5) is 10.8 Å². The van der Waals surface area contributed by atoms with Crippen LogP contribution < -0.4 is 16.2 Å². The van der Waals surface area contributed by atoms with E-state index in [0.29, 0.717) is 0 Å². The Morgan fingerprint density at radius 3 is 2.61 bits per heavy atom.